The third-order valence-electron chi connectivity index (χ3n) is 1.84. The van der Waals surface area contributed by atoms with Crippen LogP contribution < -0.4 is 16.4 Å². The van der Waals surface area contributed by atoms with Crippen molar-refractivity contribution < 1.29 is 9.59 Å². The summed E-state index contributed by atoms with van der Waals surface area (Å²) in [6.45, 7) is 5.95. The monoisotopic (exact) mass is 239 g/mol. The lowest BCUT2D eigenvalue weighted by molar-refractivity contribution is -0.123. The number of hydrogen-bond acceptors (Lipinski definition) is 3. The van der Waals surface area contributed by atoms with Crippen molar-refractivity contribution in [3.05, 3.63) is 0 Å². The molecule has 0 spiro atoms. The lowest BCUT2D eigenvalue weighted by Crippen LogP contribution is -2.44. The van der Waals surface area contributed by atoms with Gasteiger partial charge in [-0.25, -0.2) is 0 Å². The van der Waals surface area contributed by atoms with Gasteiger partial charge in [-0.15, -0.1) is 12.3 Å². The maximum atomic E-state index is 11.4. The summed E-state index contributed by atoms with van der Waals surface area (Å²) in [5, 5.41) is 5.36. The first-order chi connectivity index (χ1) is 7.76. The highest BCUT2D eigenvalue weighted by Crippen LogP contribution is 1.98. The first-order valence-electron chi connectivity index (χ1n) is 5.54. The van der Waals surface area contributed by atoms with Crippen molar-refractivity contribution in [1.82, 2.24) is 10.6 Å². The summed E-state index contributed by atoms with van der Waals surface area (Å²) in [5.74, 6) is 1.88. The van der Waals surface area contributed by atoms with Crippen LogP contribution in [0, 0.1) is 12.3 Å². The Morgan fingerprint density at radius 3 is 2.47 bits per heavy atom. The molecule has 2 amide bonds. The molecule has 5 heteroatoms. The number of nitrogens with one attached hydrogen (secondary N) is 2. The van der Waals surface area contributed by atoms with Crippen molar-refractivity contribution in [2.45, 2.75) is 45.2 Å². The molecule has 0 aliphatic rings. The first kappa shape index (κ1) is 15.5. The second-order valence-electron chi connectivity index (χ2n) is 4.85. The minimum atomic E-state index is -0.703. The summed E-state index contributed by atoms with van der Waals surface area (Å²) in [4.78, 5) is 22.7. The van der Waals surface area contributed by atoms with Crippen molar-refractivity contribution in [3.63, 3.8) is 0 Å². The van der Waals surface area contributed by atoms with E-state index in [-0.39, 0.29) is 36.7 Å². The average molecular weight is 239 g/mol. The normalized spacial score (nSPS) is 12.4. The van der Waals surface area contributed by atoms with E-state index in [1.54, 1.807) is 0 Å². The Balaban J connectivity index is 3.82. The molecule has 0 aromatic carbocycles. The summed E-state index contributed by atoms with van der Waals surface area (Å²) < 4.78 is 0. The van der Waals surface area contributed by atoms with Gasteiger partial charge in [0, 0.05) is 24.9 Å². The lowest BCUT2D eigenvalue weighted by atomic mass is 10.1. The van der Waals surface area contributed by atoms with E-state index in [4.69, 9.17) is 12.2 Å². The minimum Gasteiger partial charge on any atom is -0.354 e. The average Bonchev–Trinajstić information content (AvgIpc) is 2.14. The predicted molar refractivity (Wildman–Crippen MR) is 66.9 cm³/mol. The fourth-order valence-electron chi connectivity index (χ4n) is 1.13. The zero-order valence-corrected chi connectivity index (χ0v) is 10.7. The van der Waals surface area contributed by atoms with Crippen molar-refractivity contribution in [2.75, 3.05) is 6.54 Å². The third kappa shape index (κ3) is 8.29. The molecule has 0 bridgehead atoms. The van der Waals surface area contributed by atoms with Crippen LogP contribution in [0.3, 0.4) is 0 Å². The number of carbonyl (C=O) groups excluding carboxylic acids is 2. The van der Waals surface area contributed by atoms with Crippen molar-refractivity contribution in [1.29, 1.82) is 0 Å². The summed E-state index contributed by atoms with van der Waals surface area (Å²) in [6, 6.07) is -0.703. The molecule has 17 heavy (non-hydrogen) atoms. The van der Waals surface area contributed by atoms with Gasteiger partial charge in [-0.3, -0.25) is 9.59 Å². The van der Waals surface area contributed by atoms with Crippen LogP contribution in [0.1, 0.15) is 33.6 Å². The second kappa shape index (κ2) is 6.92. The SMILES string of the molecule is C#CCC(N)C(=O)NCCC(=O)NC(C)(C)C. The molecule has 0 aromatic heterocycles. The van der Waals surface area contributed by atoms with Gasteiger partial charge in [0.2, 0.25) is 11.8 Å². The smallest absolute Gasteiger partial charge is 0.237 e. The van der Waals surface area contributed by atoms with Crippen molar-refractivity contribution in [3.8, 4) is 12.3 Å². The van der Waals surface area contributed by atoms with Gasteiger partial charge in [-0.2, -0.15) is 0 Å². The van der Waals surface area contributed by atoms with Crippen LogP contribution in [0.25, 0.3) is 0 Å². The van der Waals surface area contributed by atoms with E-state index in [1.807, 2.05) is 20.8 Å². The molecule has 0 saturated carbocycles. The molecule has 0 aliphatic heterocycles. The van der Waals surface area contributed by atoms with Gasteiger partial charge in [-0.05, 0) is 20.8 Å². The quantitative estimate of drug-likeness (QED) is 0.579. The molecule has 5 nitrogen and oxygen atoms in total. The standard InChI is InChI=1S/C12H21N3O2/c1-5-6-9(13)11(17)14-8-7-10(16)15-12(2,3)4/h1,9H,6-8,13H2,2-4H3,(H,14,17)(H,15,16). The first-order valence-corrected chi connectivity index (χ1v) is 5.54. The molecule has 4 N–H and O–H groups in total. The summed E-state index contributed by atoms with van der Waals surface area (Å²) in [7, 11) is 0. The van der Waals surface area contributed by atoms with E-state index >= 15 is 0 Å². The van der Waals surface area contributed by atoms with Gasteiger partial charge in [0.05, 0.1) is 6.04 Å². The van der Waals surface area contributed by atoms with E-state index in [0.717, 1.165) is 0 Å². The Morgan fingerprint density at radius 1 is 1.41 bits per heavy atom. The fraction of sp³-hybridized carbons (Fsp3) is 0.667. The van der Waals surface area contributed by atoms with Crippen molar-refractivity contribution in [2.24, 2.45) is 5.73 Å². The highest BCUT2D eigenvalue weighted by atomic mass is 16.2. The van der Waals surface area contributed by atoms with Crippen LogP contribution in [0.15, 0.2) is 0 Å². The molecule has 0 saturated heterocycles. The van der Waals surface area contributed by atoms with Crippen LogP contribution in [0.2, 0.25) is 0 Å². The van der Waals surface area contributed by atoms with Gasteiger partial charge in [0.25, 0.3) is 0 Å². The second-order valence-corrected chi connectivity index (χ2v) is 4.85. The Morgan fingerprint density at radius 2 is 2.00 bits per heavy atom. The zero-order chi connectivity index (χ0) is 13.5. The number of amides is 2. The number of rotatable bonds is 5. The van der Waals surface area contributed by atoms with Gasteiger partial charge in [0.1, 0.15) is 0 Å². The summed E-state index contributed by atoms with van der Waals surface area (Å²) >= 11 is 0. The molecule has 0 fully saturated rings. The highest BCUT2D eigenvalue weighted by Gasteiger charge is 2.15. The molecule has 0 aliphatic carbocycles. The maximum absolute atomic E-state index is 11.4. The van der Waals surface area contributed by atoms with E-state index in [9.17, 15) is 9.59 Å². The predicted octanol–water partition coefficient (Wildman–Crippen LogP) is -0.242. The van der Waals surface area contributed by atoms with Crippen LogP contribution in [-0.2, 0) is 9.59 Å². The van der Waals surface area contributed by atoms with E-state index in [1.165, 1.54) is 0 Å². The molecular weight excluding hydrogens is 218 g/mol. The summed E-state index contributed by atoms with van der Waals surface area (Å²) in [6.07, 6.45) is 5.46. The fourth-order valence-corrected chi connectivity index (χ4v) is 1.13. The highest BCUT2D eigenvalue weighted by molar-refractivity contribution is 5.83. The molecule has 1 unspecified atom stereocenters. The Hall–Kier alpha value is -1.54. The Labute approximate surface area is 103 Å². The van der Waals surface area contributed by atoms with Crippen LogP contribution in [0.4, 0.5) is 0 Å². The largest absolute Gasteiger partial charge is 0.354 e. The Bertz CT molecular complexity index is 313. The van der Waals surface area contributed by atoms with Gasteiger partial charge >= 0.3 is 0 Å². The molecule has 0 heterocycles. The van der Waals surface area contributed by atoms with Crippen LogP contribution in [-0.4, -0.2) is 29.9 Å². The maximum Gasteiger partial charge on any atom is 0.237 e. The molecular formula is C12H21N3O2. The van der Waals surface area contributed by atoms with E-state index < -0.39 is 6.04 Å². The molecule has 1 atom stereocenters. The van der Waals surface area contributed by atoms with Gasteiger partial charge < -0.3 is 16.4 Å². The summed E-state index contributed by atoms with van der Waals surface area (Å²) in [5.41, 5.74) is 5.23. The van der Waals surface area contributed by atoms with Gasteiger partial charge in [0.15, 0.2) is 0 Å². The minimum absolute atomic E-state index is 0.108. The van der Waals surface area contributed by atoms with E-state index in [2.05, 4.69) is 16.6 Å². The van der Waals surface area contributed by atoms with Crippen LogP contribution >= 0.6 is 0 Å². The number of nitrogens with two attached hydrogens (primary N) is 1. The topological polar surface area (TPSA) is 84.2 Å². The number of hydrogen-bond donors (Lipinski definition) is 3. The molecule has 96 valence electrons. The molecule has 0 radical (unpaired) electrons. The zero-order valence-electron chi connectivity index (χ0n) is 10.7. The lowest BCUT2D eigenvalue weighted by Gasteiger charge is -2.20. The Kier molecular flexibility index (Phi) is 6.29. The van der Waals surface area contributed by atoms with Crippen molar-refractivity contribution >= 4 is 11.8 Å². The van der Waals surface area contributed by atoms with Gasteiger partial charge in [-0.1, -0.05) is 0 Å². The number of carbonyl (C=O) groups is 2. The van der Waals surface area contributed by atoms with Crippen LogP contribution in [0.5, 0.6) is 0 Å². The number of terminal acetylenes is 1. The molecule has 0 rings (SSSR count). The van der Waals surface area contributed by atoms with E-state index in [0.29, 0.717) is 0 Å². The molecule has 0 aromatic rings. The third-order valence-corrected chi connectivity index (χ3v) is 1.84.